The summed E-state index contributed by atoms with van der Waals surface area (Å²) in [6.07, 6.45) is 0. The Labute approximate surface area is 272 Å². The van der Waals surface area contributed by atoms with Crippen LogP contribution in [0, 0.1) is 0 Å². The normalized spacial score (nSPS) is 12.2. The number of carbonyl (C=O) groups excluding carboxylic acids is 2. The number of ether oxygens (including phenoxy) is 2. The summed E-state index contributed by atoms with van der Waals surface area (Å²) in [6, 6.07) is 25.3. The van der Waals surface area contributed by atoms with E-state index < -0.39 is 30.7 Å². The second-order valence-electron chi connectivity index (χ2n) is 9.68. The molecule has 0 spiro atoms. The van der Waals surface area contributed by atoms with Crippen molar-refractivity contribution >= 4 is 46.7 Å². The number of alkyl halides is 2. The predicted molar refractivity (Wildman–Crippen MR) is 169 cm³/mol. The average molecular weight is 730 g/mol. The maximum Gasteiger partial charge on any atom is 0.399 e. The molecule has 0 saturated carbocycles. The van der Waals surface area contributed by atoms with Gasteiger partial charge in [0.2, 0.25) is 4.80 Å². The molecule has 0 fully saturated rings. The fourth-order valence-corrected chi connectivity index (χ4v) is 6.44. The molecule has 46 heavy (non-hydrogen) atoms. The summed E-state index contributed by atoms with van der Waals surface area (Å²) in [7, 11) is -4.50. The lowest BCUT2D eigenvalue weighted by Gasteiger charge is -2.19. The van der Waals surface area contributed by atoms with Gasteiger partial charge in [-0.25, -0.2) is 9.48 Å². The fraction of sp³-hybridized carbons (Fsp3) is 0.0968. The van der Waals surface area contributed by atoms with Gasteiger partial charge >= 0.3 is 19.2 Å². The topological polar surface area (TPSA) is 140 Å². The van der Waals surface area contributed by atoms with Crippen LogP contribution in [-0.4, -0.2) is 38.6 Å². The minimum Gasteiger partial charge on any atom is -0.465 e. The van der Waals surface area contributed by atoms with E-state index in [1.54, 1.807) is 78.9 Å². The Morgan fingerprint density at radius 2 is 1.63 bits per heavy atom. The number of carbonyl (C=O) groups is 2. The van der Waals surface area contributed by atoms with Crippen molar-refractivity contribution in [2.45, 2.75) is 12.2 Å². The van der Waals surface area contributed by atoms with Crippen molar-refractivity contribution in [3.8, 4) is 22.1 Å². The van der Waals surface area contributed by atoms with Gasteiger partial charge in [0.15, 0.2) is 0 Å². The Morgan fingerprint density at radius 3 is 2.30 bits per heavy atom. The molecule has 0 unspecified atom stereocenters. The highest BCUT2D eigenvalue weighted by atomic mass is 79.9. The Kier molecular flexibility index (Phi) is 9.75. The molecule has 0 bridgehead atoms. The van der Waals surface area contributed by atoms with Gasteiger partial charge in [-0.3, -0.25) is 9.36 Å². The van der Waals surface area contributed by atoms with Crippen molar-refractivity contribution in [1.82, 2.24) is 9.78 Å². The average Bonchev–Trinajstić information content (AvgIpc) is 3.42. The molecule has 0 aliphatic heterocycles. The van der Waals surface area contributed by atoms with E-state index in [-0.39, 0.29) is 15.8 Å². The van der Waals surface area contributed by atoms with Crippen molar-refractivity contribution in [1.29, 1.82) is 0 Å². The molecule has 236 valence electrons. The van der Waals surface area contributed by atoms with Crippen LogP contribution in [0.1, 0.15) is 31.8 Å². The molecule has 2 N–H and O–H groups in total. The molecular weight excluding hydrogens is 707 g/mol. The third-order valence-electron chi connectivity index (χ3n) is 6.47. The molecule has 0 radical (unpaired) electrons. The number of rotatable bonds is 9. The SMILES string of the molecule is COC(=O)c1cccc(Oc2cccc(-c3nn(Cc4ccc(C(F)(F)P(=O)(O)O)c(Br)c4)/c(=N/C(=O)c4ccccc4)s3)c2)c1. The number of methoxy groups -OCH3 is 1. The molecule has 10 nitrogen and oxygen atoms in total. The standard InChI is InChI=1S/C31H23BrF2N3O7PS/c1-43-29(39)22-10-6-12-24(17-22)44-23-11-5-9-21(16-23)28-36-37(30(46-28)35-27(38)20-7-3-2-4-8-20)18-19-13-14-25(26(32)15-19)31(33,34)45(40,41)42/h2-17H,18H2,1H3,(H2,40,41,42)/b35-30-. The van der Waals surface area contributed by atoms with Gasteiger partial charge in [0.25, 0.3) is 5.91 Å². The molecule has 15 heteroatoms. The van der Waals surface area contributed by atoms with E-state index in [1.807, 2.05) is 0 Å². The van der Waals surface area contributed by atoms with Crippen LogP contribution >= 0.6 is 34.9 Å². The van der Waals surface area contributed by atoms with Crippen LogP contribution in [0.5, 0.6) is 11.5 Å². The van der Waals surface area contributed by atoms with Crippen LogP contribution in [0.4, 0.5) is 8.78 Å². The van der Waals surface area contributed by atoms with Gasteiger partial charge in [-0.1, -0.05) is 75.8 Å². The summed E-state index contributed by atoms with van der Waals surface area (Å²) in [5.41, 5.74) is -3.55. The number of benzene rings is 4. The van der Waals surface area contributed by atoms with Crippen molar-refractivity contribution in [2.75, 3.05) is 7.11 Å². The van der Waals surface area contributed by atoms with E-state index in [1.165, 1.54) is 23.9 Å². The summed E-state index contributed by atoms with van der Waals surface area (Å²) in [4.78, 5) is 47.7. The van der Waals surface area contributed by atoms with E-state index in [9.17, 15) is 22.9 Å². The molecule has 0 aliphatic rings. The highest BCUT2D eigenvalue weighted by Crippen LogP contribution is 2.60. The maximum absolute atomic E-state index is 14.4. The van der Waals surface area contributed by atoms with Crippen LogP contribution in [0.15, 0.2) is 107 Å². The molecule has 0 atom stereocenters. The quantitative estimate of drug-likeness (QED) is 0.123. The van der Waals surface area contributed by atoms with Crippen LogP contribution in [-0.2, 0) is 21.5 Å². The van der Waals surface area contributed by atoms with Crippen molar-refractivity contribution in [2.24, 2.45) is 4.99 Å². The Bertz CT molecular complexity index is 2050. The summed E-state index contributed by atoms with van der Waals surface area (Å²) >= 11 is 4.11. The predicted octanol–water partition coefficient (Wildman–Crippen LogP) is 6.97. The first kappa shape index (κ1) is 33.0. The summed E-state index contributed by atoms with van der Waals surface area (Å²) in [6.45, 7) is -0.0196. The number of halogens is 3. The van der Waals surface area contributed by atoms with Gasteiger partial charge in [0.1, 0.15) is 16.5 Å². The van der Waals surface area contributed by atoms with Gasteiger partial charge in [-0.15, -0.1) is 0 Å². The molecule has 0 aliphatic carbocycles. The zero-order chi connectivity index (χ0) is 33.1. The monoisotopic (exact) mass is 729 g/mol. The number of hydrogen-bond donors (Lipinski definition) is 2. The minimum absolute atomic E-state index is 0.0196. The van der Waals surface area contributed by atoms with Gasteiger partial charge in [0, 0.05) is 21.2 Å². The number of esters is 1. The molecule has 1 amide bonds. The van der Waals surface area contributed by atoms with Gasteiger partial charge in [-0.05, 0) is 54.1 Å². The van der Waals surface area contributed by atoms with E-state index in [0.29, 0.717) is 38.8 Å². The zero-order valence-electron chi connectivity index (χ0n) is 23.7. The maximum atomic E-state index is 14.4. The summed E-state index contributed by atoms with van der Waals surface area (Å²) < 4.78 is 52.1. The van der Waals surface area contributed by atoms with Crippen LogP contribution < -0.4 is 9.54 Å². The van der Waals surface area contributed by atoms with E-state index in [4.69, 9.17) is 19.3 Å². The fourth-order valence-electron chi connectivity index (χ4n) is 4.21. The minimum atomic E-state index is -5.78. The molecule has 5 aromatic rings. The molecule has 1 heterocycles. The van der Waals surface area contributed by atoms with Gasteiger partial charge in [0.05, 0.1) is 19.2 Å². The second-order valence-corrected chi connectivity index (χ2v) is 13.1. The van der Waals surface area contributed by atoms with E-state index in [0.717, 1.165) is 17.4 Å². The molecule has 5 rings (SSSR count). The Morgan fingerprint density at radius 1 is 0.957 bits per heavy atom. The lowest BCUT2D eigenvalue weighted by atomic mass is 10.1. The van der Waals surface area contributed by atoms with Crippen LogP contribution in [0.25, 0.3) is 10.6 Å². The van der Waals surface area contributed by atoms with Crippen molar-refractivity contribution in [3.05, 3.63) is 129 Å². The van der Waals surface area contributed by atoms with Gasteiger partial charge < -0.3 is 19.3 Å². The first-order valence-electron chi connectivity index (χ1n) is 13.3. The van der Waals surface area contributed by atoms with Crippen molar-refractivity contribution < 1.29 is 42.2 Å². The Hall–Kier alpha value is -4.33. The zero-order valence-corrected chi connectivity index (χ0v) is 27.0. The molecular formula is C31H23BrF2N3O7PS. The van der Waals surface area contributed by atoms with Crippen LogP contribution in [0.2, 0.25) is 0 Å². The Balaban J connectivity index is 1.51. The largest absolute Gasteiger partial charge is 0.465 e. The lowest BCUT2D eigenvalue weighted by Crippen LogP contribution is -2.20. The number of amides is 1. The van der Waals surface area contributed by atoms with E-state index in [2.05, 4.69) is 26.0 Å². The number of nitrogens with zero attached hydrogens (tertiary/aromatic N) is 3. The third kappa shape index (κ3) is 7.38. The van der Waals surface area contributed by atoms with Gasteiger partial charge in [-0.2, -0.15) is 18.9 Å². The van der Waals surface area contributed by atoms with Crippen LogP contribution in [0.3, 0.4) is 0 Å². The smallest absolute Gasteiger partial charge is 0.399 e. The lowest BCUT2D eigenvalue weighted by molar-refractivity contribution is 0.0557. The number of aromatic nitrogens is 2. The second kappa shape index (κ2) is 13.6. The number of hydrogen-bond acceptors (Lipinski definition) is 7. The highest BCUT2D eigenvalue weighted by Gasteiger charge is 2.51. The first-order valence-corrected chi connectivity index (χ1v) is 16.5. The summed E-state index contributed by atoms with van der Waals surface area (Å²) in [5.74, 6) is -0.197. The highest BCUT2D eigenvalue weighted by molar-refractivity contribution is 9.10. The van der Waals surface area contributed by atoms with E-state index >= 15 is 0 Å². The molecule has 4 aromatic carbocycles. The van der Waals surface area contributed by atoms with Crippen molar-refractivity contribution in [3.63, 3.8) is 0 Å². The molecule has 0 saturated heterocycles. The summed E-state index contributed by atoms with van der Waals surface area (Å²) in [5, 5.41) is 5.10. The molecule has 1 aromatic heterocycles. The first-order chi connectivity index (χ1) is 21.9. The third-order valence-corrected chi connectivity index (χ3v) is 9.09.